The molecule has 4 N–H and O–H groups in total. The standard InChI is InChI=1S/C11H13FN2O2/c12-9-4-2-1-3-7(9)5-8(15)6-10(13)11(14)16/h1-4,10H,5-6,13H2,(H2,14,16). The first-order valence-corrected chi connectivity index (χ1v) is 4.80. The van der Waals surface area contributed by atoms with E-state index in [4.69, 9.17) is 11.5 Å². The molecule has 1 aromatic rings. The lowest BCUT2D eigenvalue weighted by atomic mass is 10.0. The predicted octanol–water partition coefficient (Wildman–Crippen LogP) is 0.140. The molecular formula is C11H13FN2O2. The number of hydrogen-bond acceptors (Lipinski definition) is 3. The number of hydrogen-bond donors (Lipinski definition) is 2. The van der Waals surface area contributed by atoms with E-state index in [-0.39, 0.29) is 18.6 Å². The molecule has 0 bridgehead atoms. The van der Waals surface area contributed by atoms with Gasteiger partial charge in [0.15, 0.2) is 0 Å². The first kappa shape index (κ1) is 12.3. The predicted molar refractivity (Wildman–Crippen MR) is 56.9 cm³/mol. The number of halogens is 1. The Balaban J connectivity index is 2.59. The minimum absolute atomic E-state index is 0.0757. The third kappa shape index (κ3) is 3.43. The summed E-state index contributed by atoms with van der Waals surface area (Å²) in [4.78, 5) is 22.1. The number of Topliss-reactive ketones (excluding diaryl/α,β-unsaturated/α-hetero) is 1. The number of rotatable bonds is 5. The van der Waals surface area contributed by atoms with Gasteiger partial charge in [0.1, 0.15) is 11.6 Å². The van der Waals surface area contributed by atoms with Crippen LogP contribution < -0.4 is 11.5 Å². The van der Waals surface area contributed by atoms with E-state index in [1.54, 1.807) is 12.1 Å². The molecule has 0 fully saturated rings. The molecule has 1 unspecified atom stereocenters. The van der Waals surface area contributed by atoms with E-state index in [1.165, 1.54) is 12.1 Å². The van der Waals surface area contributed by atoms with Crippen LogP contribution in [0.25, 0.3) is 0 Å². The Morgan fingerprint density at radius 3 is 2.50 bits per heavy atom. The Morgan fingerprint density at radius 1 is 1.31 bits per heavy atom. The fourth-order valence-corrected chi connectivity index (χ4v) is 1.27. The van der Waals surface area contributed by atoms with E-state index in [2.05, 4.69) is 0 Å². The summed E-state index contributed by atoms with van der Waals surface area (Å²) in [6, 6.07) is 4.97. The van der Waals surface area contributed by atoms with Gasteiger partial charge < -0.3 is 11.5 Å². The summed E-state index contributed by atoms with van der Waals surface area (Å²) in [6.07, 6.45) is -0.239. The molecule has 1 atom stereocenters. The zero-order valence-electron chi connectivity index (χ0n) is 8.65. The Bertz CT molecular complexity index is 407. The van der Waals surface area contributed by atoms with Crippen molar-refractivity contribution in [2.75, 3.05) is 0 Å². The molecule has 0 aliphatic rings. The molecule has 0 aliphatic carbocycles. The molecule has 16 heavy (non-hydrogen) atoms. The number of benzene rings is 1. The lowest BCUT2D eigenvalue weighted by Gasteiger charge is -2.06. The third-order valence-electron chi connectivity index (χ3n) is 2.16. The second kappa shape index (κ2) is 5.37. The van der Waals surface area contributed by atoms with Crippen LogP contribution in [0.15, 0.2) is 24.3 Å². The van der Waals surface area contributed by atoms with Crippen LogP contribution in [0, 0.1) is 5.82 Å². The van der Waals surface area contributed by atoms with Crippen LogP contribution in [0.2, 0.25) is 0 Å². The first-order valence-electron chi connectivity index (χ1n) is 4.80. The van der Waals surface area contributed by atoms with Crippen LogP contribution in [0.5, 0.6) is 0 Å². The normalized spacial score (nSPS) is 12.1. The summed E-state index contributed by atoms with van der Waals surface area (Å²) in [6.45, 7) is 0. The molecule has 0 heterocycles. The molecule has 1 amide bonds. The van der Waals surface area contributed by atoms with Crippen LogP contribution in [0.1, 0.15) is 12.0 Å². The van der Waals surface area contributed by atoms with Crippen molar-refractivity contribution in [1.82, 2.24) is 0 Å². The second-order valence-corrected chi connectivity index (χ2v) is 3.52. The van der Waals surface area contributed by atoms with Gasteiger partial charge in [-0.05, 0) is 11.6 Å². The zero-order valence-corrected chi connectivity index (χ0v) is 8.65. The third-order valence-corrected chi connectivity index (χ3v) is 2.16. The number of amides is 1. The van der Waals surface area contributed by atoms with Gasteiger partial charge in [-0.25, -0.2) is 4.39 Å². The van der Waals surface area contributed by atoms with Gasteiger partial charge in [-0.2, -0.15) is 0 Å². The van der Waals surface area contributed by atoms with Crippen LogP contribution in [0.3, 0.4) is 0 Å². The smallest absolute Gasteiger partial charge is 0.234 e. The molecular weight excluding hydrogens is 211 g/mol. The van der Waals surface area contributed by atoms with Crippen molar-refractivity contribution >= 4 is 11.7 Å². The number of primary amides is 1. The lowest BCUT2D eigenvalue weighted by molar-refractivity contribution is -0.124. The van der Waals surface area contributed by atoms with Crippen LogP contribution in [-0.2, 0) is 16.0 Å². The maximum Gasteiger partial charge on any atom is 0.234 e. The largest absolute Gasteiger partial charge is 0.368 e. The highest BCUT2D eigenvalue weighted by molar-refractivity contribution is 5.89. The summed E-state index contributed by atoms with van der Waals surface area (Å²) in [7, 11) is 0. The lowest BCUT2D eigenvalue weighted by Crippen LogP contribution is -2.38. The maximum atomic E-state index is 13.2. The van der Waals surface area contributed by atoms with Gasteiger partial charge in [0.05, 0.1) is 6.04 Å². The molecule has 0 aromatic heterocycles. The van der Waals surface area contributed by atoms with Crippen molar-refractivity contribution in [3.63, 3.8) is 0 Å². The van der Waals surface area contributed by atoms with Crippen LogP contribution >= 0.6 is 0 Å². The van der Waals surface area contributed by atoms with E-state index < -0.39 is 17.8 Å². The minimum Gasteiger partial charge on any atom is -0.368 e. The Kier molecular flexibility index (Phi) is 4.13. The molecule has 86 valence electrons. The number of ketones is 1. The van der Waals surface area contributed by atoms with Gasteiger partial charge in [0.25, 0.3) is 0 Å². The highest BCUT2D eigenvalue weighted by Crippen LogP contribution is 2.08. The van der Waals surface area contributed by atoms with E-state index >= 15 is 0 Å². The molecule has 0 aliphatic heterocycles. The molecule has 5 heteroatoms. The highest BCUT2D eigenvalue weighted by atomic mass is 19.1. The van der Waals surface area contributed by atoms with Gasteiger partial charge in [0, 0.05) is 12.8 Å². The minimum atomic E-state index is -1.00. The molecule has 0 saturated heterocycles. The SMILES string of the molecule is NC(=O)C(N)CC(=O)Cc1ccccc1F. The molecule has 0 saturated carbocycles. The number of carbonyl (C=O) groups excluding carboxylic acids is 2. The summed E-state index contributed by atoms with van der Waals surface area (Å²) in [5.41, 5.74) is 10.5. The fourth-order valence-electron chi connectivity index (χ4n) is 1.27. The molecule has 0 radical (unpaired) electrons. The van der Waals surface area contributed by atoms with Crippen molar-refractivity contribution in [3.8, 4) is 0 Å². The van der Waals surface area contributed by atoms with Gasteiger partial charge >= 0.3 is 0 Å². The second-order valence-electron chi connectivity index (χ2n) is 3.52. The van der Waals surface area contributed by atoms with E-state index in [1.807, 2.05) is 0 Å². The molecule has 0 spiro atoms. The monoisotopic (exact) mass is 224 g/mol. The summed E-state index contributed by atoms with van der Waals surface area (Å²) in [5.74, 6) is -1.48. The molecule has 1 rings (SSSR count). The average molecular weight is 224 g/mol. The first-order chi connectivity index (χ1) is 7.50. The van der Waals surface area contributed by atoms with Crippen molar-refractivity contribution in [2.24, 2.45) is 11.5 Å². The van der Waals surface area contributed by atoms with Gasteiger partial charge in [-0.1, -0.05) is 18.2 Å². The summed E-state index contributed by atoms with van der Waals surface area (Å²) in [5, 5.41) is 0. The maximum absolute atomic E-state index is 13.2. The molecule has 1 aromatic carbocycles. The van der Waals surface area contributed by atoms with Gasteiger partial charge in [0.2, 0.25) is 5.91 Å². The van der Waals surface area contributed by atoms with E-state index in [0.29, 0.717) is 5.56 Å². The highest BCUT2D eigenvalue weighted by Gasteiger charge is 2.15. The Labute approximate surface area is 92.4 Å². The topological polar surface area (TPSA) is 86.2 Å². The van der Waals surface area contributed by atoms with Crippen LogP contribution in [-0.4, -0.2) is 17.7 Å². The Hall–Kier alpha value is -1.75. The Morgan fingerprint density at radius 2 is 1.94 bits per heavy atom. The van der Waals surface area contributed by atoms with Crippen molar-refractivity contribution in [3.05, 3.63) is 35.6 Å². The average Bonchev–Trinajstić information content (AvgIpc) is 2.21. The zero-order chi connectivity index (χ0) is 12.1. The molecule has 4 nitrogen and oxygen atoms in total. The summed E-state index contributed by atoms with van der Waals surface area (Å²) >= 11 is 0. The number of carbonyl (C=O) groups is 2. The van der Waals surface area contributed by atoms with Gasteiger partial charge in [-0.15, -0.1) is 0 Å². The van der Waals surface area contributed by atoms with E-state index in [0.717, 1.165) is 0 Å². The fraction of sp³-hybridized carbons (Fsp3) is 0.273. The van der Waals surface area contributed by atoms with Crippen molar-refractivity contribution in [1.29, 1.82) is 0 Å². The quantitative estimate of drug-likeness (QED) is 0.745. The van der Waals surface area contributed by atoms with Crippen molar-refractivity contribution < 1.29 is 14.0 Å². The van der Waals surface area contributed by atoms with Gasteiger partial charge in [-0.3, -0.25) is 9.59 Å². The van der Waals surface area contributed by atoms with E-state index in [9.17, 15) is 14.0 Å². The number of nitrogens with two attached hydrogens (primary N) is 2. The van der Waals surface area contributed by atoms with Crippen molar-refractivity contribution in [2.45, 2.75) is 18.9 Å². The van der Waals surface area contributed by atoms with Crippen LogP contribution in [0.4, 0.5) is 4.39 Å². The summed E-state index contributed by atoms with van der Waals surface area (Å²) < 4.78 is 13.2.